The van der Waals surface area contributed by atoms with Gasteiger partial charge in [-0.05, 0) is 84.3 Å². The number of imide groups is 1. The first-order chi connectivity index (χ1) is 16.8. The van der Waals surface area contributed by atoms with Crippen LogP contribution in [0.3, 0.4) is 0 Å². The van der Waals surface area contributed by atoms with Crippen LogP contribution in [0.5, 0.6) is 5.75 Å². The third kappa shape index (κ3) is 6.32. The van der Waals surface area contributed by atoms with E-state index in [9.17, 15) is 14.4 Å². The van der Waals surface area contributed by atoms with Crippen molar-refractivity contribution in [2.24, 2.45) is 0 Å². The fraction of sp³-hybridized carbons (Fsp3) is 0.148. The zero-order valence-corrected chi connectivity index (χ0v) is 20.8. The van der Waals surface area contributed by atoms with E-state index < -0.39 is 17.1 Å². The highest BCUT2D eigenvalue weighted by Crippen LogP contribution is 2.32. The van der Waals surface area contributed by atoms with Gasteiger partial charge in [0.05, 0.1) is 4.91 Å². The number of nitrogens with zero attached hydrogens (tertiary/aromatic N) is 1. The van der Waals surface area contributed by atoms with Crippen LogP contribution in [0.15, 0.2) is 71.6 Å². The summed E-state index contributed by atoms with van der Waals surface area (Å²) in [5, 5.41) is 2.98. The molecular formula is C27H23ClN2O4S. The predicted octanol–water partition coefficient (Wildman–Crippen LogP) is 6.21. The van der Waals surface area contributed by atoms with E-state index >= 15 is 0 Å². The number of thioether (sulfide) groups is 1. The van der Waals surface area contributed by atoms with Crippen LogP contribution in [0.25, 0.3) is 6.08 Å². The van der Waals surface area contributed by atoms with E-state index in [0.717, 1.165) is 38.9 Å². The van der Waals surface area contributed by atoms with Crippen molar-refractivity contribution in [2.45, 2.75) is 20.5 Å². The third-order valence-electron chi connectivity index (χ3n) is 5.34. The number of rotatable bonds is 7. The Morgan fingerprint density at radius 1 is 1.03 bits per heavy atom. The lowest BCUT2D eigenvalue weighted by Crippen LogP contribution is -2.36. The average Bonchev–Trinajstić information content (AvgIpc) is 3.09. The van der Waals surface area contributed by atoms with Crippen LogP contribution in [-0.4, -0.2) is 28.5 Å². The number of carbonyl (C=O) groups is 3. The average molecular weight is 507 g/mol. The number of aryl methyl sites for hydroxylation is 2. The fourth-order valence-corrected chi connectivity index (χ4v) is 4.36. The minimum Gasteiger partial charge on any atom is -0.489 e. The van der Waals surface area contributed by atoms with Gasteiger partial charge in [-0.1, -0.05) is 48.0 Å². The van der Waals surface area contributed by atoms with Crippen LogP contribution in [0, 0.1) is 13.8 Å². The number of hydrogen-bond donors (Lipinski definition) is 1. The van der Waals surface area contributed by atoms with E-state index in [-0.39, 0.29) is 11.4 Å². The predicted molar refractivity (Wildman–Crippen MR) is 139 cm³/mol. The highest BCUT2D eigenvalue weighted by molar-refractivity contribution is 8.18. The van der Waals surface area contributed by atoms with Crippen LogP contribution >= 0.6 is 23.4 Å². The topological polar surface area (TPSA) is 75.7 Å². The maximum absolute atomic E-state index is 12.8. The molecule has 0 radical (unpaired) electrons. The number of amides is 3. The molecule has 0 saturated carbocycles. The standard InChI is InChI=1S/C27H23ClN2O4S/c1-17-3-4-18(2)23(13-17)29-25(31)15-30-26(32)24(35-27(30)33)14-19-7-11-22(12-8-19)34-16-20-5-9-21(28)10-6-20/h3-14H,15-16H2,1-2H3,(H,29,31)/b24-14+. The summed E-state index contributed by atoms with van der Waals surface area (Å²) in [6.45, 7) is 3.87. The van der Waals surface area contributed by atoms with Gasteiger partial charge in [0, 0.05) is 10.7 Å². The van der Waals surface area contributed by atoms with E-state index in [2.05, 4.69) is 5.32 Å². The molecule has 1 aliphatic rings. The van der Waals surface area contributed by atoms with Crippen molar-refractivity contribution in [2.75, 3.05) is 11.9 Å². The molecule has 1 N–H and O–H groups in total. The monoisotopic (exact) mass is 506 g/mol. The molecule has 1 fully saturated rings. The van der Waals surface area contributed by atoms with Gasteiger partial charge in [0.1, 0.15) is 18.9 Å². The van der Waals surface area contributed by atoms with Gasteiger partial charge in [-0.3, -0.25) is 19.3 Å². The molecule has 0 atom stereocenters. The third-order valence-corrected chi connectivity index (χ3v) is 6.50. The molecule has 3 aromatic carbocycles. The highest BCUT2D eigenvalue weighted by atomic mass is 35.5. The lowest BCUT2D eigenvalue weighted by Gasteiger charge is -2.14. The smallest absolute Gasteiger partial charge is 0.294 e. The zero-order valence-electron chi connectivity index (χ0n) is 19.2. The van der Waals surface area contributed by atoms with Gasteiger partial charge in [-0.25, -0.2) is 0 Å². The molecule has 0 spiro atoms. The Balaban J connectivity index is 1.36. The molecule has 4 rings (SSSR count). The Kier molecular flexibility index (Phi) is 7.58. The number of halogens is 1. The fourth-order valence-electron chi connectivity index (χ4n) is 3.40. The quantitative estimate of drug-likeness (QED) is 0.385. The van der Waals surface area contributed by atoms with Crippen molar-refractivity contribution in [1.29, 1.82) is 0 Å². The number of benzene rings is 3. The van der Waals surface area contributed by atoms with Gasteiger partial charge in [-0.15, -0.1) is 0 Å². The van der Waals surface area contributed by atoms with E-state index in [1.807, 2.05) is 56.3 Å². The van der Waals surface area contributed by atoms with Crippen molar-refractivity contribution >= 4 is 52.2 Å². The Morgan fingerprint density at radius 2 is 1.74 bits per heavy atom. The van der Waals surface area contributed by atoms with Crippen molar-refractivity contribution in [3.05, 3.63) is 98.9 Å². The van der Waals surface area contributed by atoms with E-state index in [0.29, 0.717) is 23.1 Å². The first-order valence-corrected chi connectivity index (χ1v) is 12.1. The summed E-state index contributed by atoms with van der Waals surface area (Å²) in [5.74, 6) is -0.239. The number of hydrogen-bond acceptors (Lipinski definition) is 5. The molecular weight excluding hydrogens is 484 g/mol. The molecule has 35 heavy (non-hydrogen) atoms. The van der Waals surface area contributed by atoms with Crippen molar-refractivity contribution in [1.82, 2.24) is 4.90 Å². The largest absolute Gasteiger partial charge is 0.489 e. The second-order valence-corrected chi connectivity index (χ2v) is 9.55. The molecule has 178 valence electrons. The van der Waals surface area contributed by atoms with Crippen molar-refractivity contribution in [3.63, 3.8) is 0 Å². The maximum Gasteiger partial charge on any atom is 0.294 e. The summed E-state index contributed by atoms with van der Waals surface area (Å²) >= 11 is 6.72. The molecule has 0 aliphatic carbocycles. The molecule has 1 heterocycles. The number of nitrogens with one attached hydrogen (secondary N) is 1. The summed E-state index contributed by atoms with van der Waals surface area (Å²) in [6, 6.07) is 20.3. The second-order valence-electron chi connectivity index (χ2n) is 8.12. The lowest BCUT2D eigenvalue weighted by molar-refractivity contribution is -0.127. The van der Waals surface area contributed by atoms with Crippen molar-refractivity contribution < 1.29 is 19.1 Å². The number of anilines is 1. The molecule has 6 nitrogen and oxygen atoms in total. The molecule has 1 aliphatic heterocycles. The van der Waals surface area contributed by atoms with Crippen LogP contribution in [0.2, 0.25) is 5.02 Å². The highest BCUT2D eigenvalue weighted by Gasteiger charge is 2.36. The molecule has 1 saturated heterocycles. The summed E-state index contributed by atoms with van der Waals surface area (Å²) in [5.41, 5.74) is 4.30. The molecule has 0 bridgehead atoms. The lowest BCUT2D eigenvalue weighted by atomic mass is 10.1. The molecule has 8 heteroatoms. The van der Waals surface area contributed by atoms with Gasteiger partial charge >= 0.3 is 0 Å². The molecule has 3 amide bonds. The van der Waals surface area contributed by atoms with Gasteiger partial charge in [0.15, 0.2) is 0 Å². The van der Waals surface area contributed by atoms with E-state index in [1.54, 1.807) is 30.3 Å². The minimum atomic E-state index is -0.487. The normalized spacial score (nSPS) is 14.5. The Hall–Kier alpha value is -3.55. The summed E-state index contributed by atoms with van der Waals surface area (Å²) in [4.78, 5) is 38.9. The number of carbonyl (C=O) groups excluding carboxylic acids is 3. The second kappa shape index (κ2) is 10.8. The molecule has 0 unspecified atom stereocenters. The van der Waals surface area contributed by atoms with E-state index in [4.69, 9.17) is 16.3 Å². The maximum atomic E-state index is 12.8. The molecule has 3 aromatic rings. The van der Waals surface area contributed by atoms with Crippen molar-refractivity contribution in [3.8, 4) is 5.75 Å². The minimum absolute atomic E-state index is 0.268. The van der Waals surface area contributed by atoms with Gasteiger partial charge < -0.3 is 10.1 Å². The SMILES string of the molecule is Cc1ccc(C)c(NC(=O)CN2C(=O)S/C(=C/c3ccc(OCc4ccc(Cl)cc4)cc3)C2=O)c1. The van der Waals surface area contributed by atoms with Gasteiger partial charge in [0.25, 0.3) is 11.1 Å². The van der Waals surface area contributed by atoms with E-state index in [1.165, 1.54) is 0 Å². The summed E-state index contributed by atoms with van der Waals surface area (Å²) in [6.07, 6.45) is 1.64. The molecule has 0 aromatic heterocycles. The Morgan fingerprint density at radius 3 is 2.46 bits per heavy atom. The number of ether oxygens (including phenoxy) is 1. The van der Waals surface area contributed by atoms with Gasteiger partial charge in [-0.2, -0.15) is 0 Å². The summed E-state index contributed by atoms with van der Waals surface area (Å²) in [7, 11) is 0. The summed E-state index contributed by atoms with van der Waals surface area (Å²) < 4.78 is 5.78. The zero-order chi connectivity index (χ0) is 24.9. The van der Waals surface area contributed by atoms with Crippen LogP contribution < -0.4 is 10.1 Å². The first-order valence-electron chi connectivity index (χ1n) is 10.9. The van der Waals surface area contributed by atoms with Crippen LogP contribution in [0.1, 0.15) is 22.3 Å². The first kappa shape index (κ1) is 24.6. The van der Waals surface area contributed by atoms with Crippen LogP contribution in [0.4, 0.5) is 10.5 Å². The Labute approximate surface area is 212 Å². The van der Waals surface area contributed by atoms with Crippen LogP contribution in [-0.2, 0) is 16.2 Å². The van der Waals surface area contributed by atoms with Gasteiger partial charge in [0.2, 0.25) is 5.91 Å². The Bertz CT molecular complexity index is 1300.